The molecule has 0 spiro atoms. The van der Waals surface area contributed by atoms with E-state index in [2.05, 4.69) is 0 Å². The summed E-state index contributed by atoms with van der Waals surface area (Å²) < 4.78 is 4.78. The highest BCUT2D eigenvalue weighted by Gasteiger charge is 2.31. The van der Waals surface area contributed by atoms with E-state index in [1.807, 2.05) is 0 Å². The zero-order chi connectivity index (χ0) is 6.85. The molecule has 0 unspecified atom stereocenters. The van der Waals surface area contributed by atoms with Crippen LogP contribution in [-0.4, -0.2) is 40.4 Å². The van der Waals surface area contributed by atoms with Crippen molar-refractivity contribution >= 4 is 0 Å². The number of rotatable bonds is 1. The molecule has 0 bridgehead atoms. The molecule has 0 aromatic heterocycles. The Hall–Kier alpha value is -0.160. The van der Waals surface area contributed by atoms with Crippen LogP contribution >= 0.6 is 0 Å². The van der Waals surface area contributed by atoms with Crippen molar-refractivity contribution in [3.63, 3.8) is 0 Å². The van der Waals surface area contributed by atoms with E-state index in [4.69, 9.17) is 20.1 Å². The summed E-state index contributed by atoms with van der Waals surface area (Å²) in [4.78, 5) is 0. The number of aliphatic hydroxyl groups excluding tert-OH is 2. The van der Waals surface area contributed by atoms with Gasteiger partial charge in [0, 0.05) is 6.61 Å². The molecule has 0 aromatic rings. The number of hydrogen-bond acceptors (Lipinski definition) is 4. The maximum Gasteiger partial charge on any atom is 0.181 e. The molecule has 4 nitrogen and oxygen atoms in total. The van der Waals surface area contributed by atoms with Gasteiger partial charge in [0.1, 0.15) is 6.10 Å². The normalized spacial score (nSPS) is 36.0. The van der Waals surface area contributed by atoms with Crippen molar-refractivity contribution in [1.82, 2.24) is 0 Å². The average molecular weight is 134 g/mol. The van der Waals surface area contributed by atoms with Crippen LogP contribution < -0.4 is 0 Å². The van der Waals surface area contributed by atoms with Crippen LogP contribution in [0.5, 0.6) is 0 Å². The van der Waals surface area contributed by atoms with Gasteiger partial charge >= 0.3 is 0 Å². The molecule has 1 fully saturated rings. The standard InChI is InChI=1S/C5H10O4/c6-3-1-2-9-4(3)5(7)8/h3-8H,1-2H2/t3-,4-/m1/s1. The molecule has 54 valence electrons. The molecule has 3 N–H and O–H groups in total. The number of aliphatic hydroxyl groups is 3. The summed E-state index contributed by atoms with van der Waals surface area (Å²) in [5.41, 5.74) is 0. The van der Waals surface area contributed by atoms with Gasteiger partial charge in [-0.3, -0.25) is 0 Å². The van der Waals surface area contributed by atoms with Crippen molar-refractivity contribution in [2.24, 2.45) is 0 Å². The topological polar surface area (TPSA) is 69.9 Å². The molecule has 1 rings (SSSR count). The molecule has 9 heavy (non-hydrogen) atoms. The van der Waals surface area contributed by atoms with Crippen molar-refractivity contribution in [2.45, 2.75) is 24.9 Å². The summed E-state index contributed by atoms with van der Waals surface area (Å²) in [6, 6.07) is 0. The van der Waals surface area contributed by atoms with Gasteiger partial charge in [-0.15, -0.1) is 0 Å². The third-order valence-electron chi connectivity index (χ3n) is 1.40. The monoisotopic (exact) mass is 134 g/mol. The highest BCUT2D eigenvalue weighted by atomic mass is 16.6. The van der Waals surface area contributed by atoms with Gasteiger partial charge in [0.25, 0.3) is 0 Å². The van der Waals surface area contributed by atoms with E-state index in [9.17, 15) is 0 Å². The Morgan fingerprint density at radius 3 is 2.33 bits per heavy atom. The Morgan fingerprint density at radius 2 is 2.11 bits per heavy atom. The zero-order valence-corrected chi connectivity index (χ0v) is 4.90. The third-order valence-corrected chi connectivity index (χ3v) is 1.40. The minimum absolute atomic E-state index is 0.406. The van der Waals surface area contributed by atoms with E-state index in [0.717, 1.165) is 0 Å². The maximum atomic E-state index is 8.91. The lowest BCUT2D eigenvalue weighted by Gasteiger charge is -2.14. The second kappa shape index (κ2) is 2.62. The van der Waals surface area contributed by atoms with E-state index >= 15 is 0 Å². The van der Waals surface area contributed by atoms with Gasteiger partial charge < -0.3 is 20.1 Å². The molecule has 0 aromatic carbocycles. The largest absolute Gasteiger partial charge is 0.390 e. The Bertz CT molecular complexity index is 93.0. The molecule has 0 saturated carbocycles. The number of ether oxygens (including phenoxy) is 1. The van der Waals surface area contributed by atoms with Crippen LogP contribution in [0.1, 0.15) is 6.42 Å². The minimum atomic E-state index is -1.55. The lowest BCUT2D eigenvalue weighted by molar-refractivity contribution is -0.149. The summed E-state index contributed by atoms with van der Waals surface area (Å²) in [5, 5.41) is 25.9. The first-order valence-electron chi connectivity index (χ1n) is 2.87. The molecular weight excluding hydrogens is 124 g/mol. The van der Waals surface area contributed by atoms with E-state index in [0.29, 0.717) is 13.0 Å². The molecule has 1 heterocycles. The maximum absolute atomic E-state index is 8.91. The first-order chi connectivity index (χ1) is 4.22. The lowest BCUT2D eigenvalue weighted by atomic mass is 10.2. The van der Waals surface area contributed by atoms with Crippen molar-refractivity contribution < 1.29 is 20.1 Å². The highest BCUT2D eigenvalue weighted by Crippen LogP contribution is 2.14. The summed E-state index contributed by atoms with van der Waals surface area (Å²) in [5.74, 6) is 0. The lowest BCUT2D eigenvalue weighted by Crippen LogP contribution is -2.33. The van der Waals surface area contributed by atoms with Crippen molar-refractivity contribution in [3.8, 4) is 0 Å². The summed E-state index contributed by atoms with van der Waals surface area (Å²) in [7, 11) is 0. The average Bonchev–Trinajstić information content (AvgIpc) is 2.13. The van der Waals surface area contributed by atoms with Crippen molar-refractivity contribution in [1.29, 1.82) is 0 Å². The van der Waals surface area contributed by atoms with E-state index < -0.39 is 18.5 Å². The van der Waals surface area contributed by atoms with Gasteiger partial charge in [-0.05, 0) is 6.42 Å². The second-order valence-electron chi connectivity index (χ2n) is 2.11. The summed E-state index contributed by atoms with van der Waals surface area (Å²) in [6.45, 7) is 0.406. The predicted octanol–water partition coefficient (Wildman–Crippen LogP) is -1.55. The SMILES string of the molecule is OC(O)[C@@H]1OCC[C@H]1O. The molecule has 1 saturated heterocycles. The fraction of sp³-hybridized carbons (Fsp3) is 1.00. The van der Waals surface area contributed by atoms with Crippen molar-refractivity contribution in [2.75, 3.05) is 6.61 Å². The Morgan fingerprint density at radius 1 is 1.44 bits per heavy atom. The van der Waals surface area contributed by atoms with Crippen LogP contribution in [0.4, 0.5) is 0 Å². The van der Waals surface area contributed by atoms with Crippen LogP contribution in [-0.2, 0) is 4.74 Å². The highest BCUT2D eigenvalue weighted by molar-refractivity contribution is 4.75. The van der Waals surface area contributed by atoms with Crippen LogP contribution in [0.15, 0.2) is 0 Å². The third kappa shape index (κ3) is 1.40. The van der Waals surface area contributed by atoms with Gasteiger partial charge in [0.2, 0.25) is 0 Å². The zero-order valence-electron chi connectivity index (χ0n) is 4.90. The first-order valence-corrected chi connectivity index (χ1v) is 2.87. The van der Waals surface area contributed by atoms with Gasteiger partial charge in [-0.1, -0.05) is 0 Å². The van der Waals surface area contributed by atoms with Gasteiger partial charge in [-0.25, -0.2) is 0 Å². The van der Waals surface area contributed by atoms with Gasteiger partial charge in [0.05, 0.1) is 6.10 Å². The van der Waals surface area contributed by atoms with Crippen LogP contribution in [0, 0.1) is 0 Å². The quantitative estimate of drug-likeness (QED) is 0.380. The molecular formula is C5H10O4. The van der Waals surface area contributed by atoms with Gasteiger partial charge in [0.15, 0.2) is 6.29 Å². The van der Waals surface area contributed by atoms with Crippen LogP contribution in [0.3, 0.4) is 0 Å². The first kappa shape index (κ1) is 6.95. The van der Waals surface area contributed by atoms with Crippen LogP contribution in [0.25, 0.3) is 0 Å². The fourth-order valence-corrected chi connectivity index (χ4v) is 0.885. The summed E-state index contributed by atoms with van der Waals surface area (Å²) in [6.07, 6.45) is -2.58. The Labute approximate surface area is 52.7 Å². The Balaban J connectivity index is 2.40. The molecule has 2 atom stereocenters. The summed E-state index contributed by atoms with van der Waals surface area (Å²) >= 11 is 0. The van der Waals surface area contributed by atoms with E-state index in [-0.39, 0.29) is 0 Å². The minimum Gasteiger partial charge on any atom is -0.390 e. The fourth-order valence-electron chi connectivity index (χ4n) is 0.885. The molecule has 0 radical (unpaired) electrons. The smallest absolute Gasteiger partial charge is 0.181 e. The molecule has 1 aliphatic heterocycles. The van der Waals surface area contributed by atoms with Gasteiger partial charge in [-0.2, -0.15) is 0 Å². The second-order valence-corrected chi connectivity index (χ2v) is 2.11. The van der Waals surface area contributed by atoms with Crippen molar-refractivity contribution in [3.05, 3.63) is 0 Å². The Kier molecular flexibility index (Phi) is 2.02. The van der Waals surface area contributed by atoms with E-state index in [1.165, 1.54) is 0 Å². The molecule has 0 amide bonds. The van der Waals surface area contributed by atoms with Crippen LogP contribution in [0.2, 0.25) is 0 Å². The molecule has 1 aliphatic rings. The van der Waals surface area contributed by atoms with E-state index in [1.54, 1.807) is 0 Å². The number of hydrogen-bond donors (Lipinski definition) is 3. The molecule has 0 aliphatic carbocycles. The molecule has 4 heteroatoms. The predicted molar refractivity (Wildman–Crippen MR) is 28.6 cm³/mol.